The summed E-state index contributed by atoms with van der Waals surface area (Å²) in [6.07, 6.45) is 1.76. The van der Waals surface area contributed by atoms with Crippen molar-refractivity contribution >= 4 is 26.7 Å². The molecule has 0 spiro atoms. The Labute approximate surface area is 118 Å². The quantitative estimate of drug-likeness (QED) is 0.771. The van der Waals surface area contributed by atoms with E-state index in [4.69, 9.17) is 0 Å². The van der Waals surface area contributed by atoms with Crippen LogP contribution in [0.5, 0.6) is 0 Å². The largest absolute Gasteiger partial charge is 0.363 e. The SMILES string of the molecule is CC(C)(C)N1CCNS(=O)(=O)c2nc3[nH]ccc3cc21. The minimum Gasteiger partial charge on any atom is -0.363 e. The number of hydrogen-bond donors (Lipinski definition) is 2. The number of fused-ring (bicyclic) bond motifs is 2. The van der Waals surface area contributed by atoms with Gasteiger partial charge in [-0.1, -0.05) is 0 Å². The maximum Gasteiger partial charge on any atom is 0.260 e. The van der Waals surface area contributed by atoms with Crippen molar-refractivity contribution in [3.63, 3.8) is 0 Å². The summed E-state index contributed by atoms with van der Waals surface area (Å²) in [4.78, 5) is 9.35. The van der Waals surface area contributed by atoms with Crippen molar-refractivity contribution in [3.05, 3.63) is 18.3 Å². The lowest BCUT2D eigenvalue weighted by molar-refractivity contribution is 0.502. The number of anilines is 1. The topological polar surface area (TPSA) is 78.1 Å². The number of hydrogen-bond acceptors (Lipinski definition) is 4. The first-order chi connectivity index (χ1) is 9.29. The summed E-state index contributed by atoms with van der Waals surface area (Å²) in [5.74, 6) is 0. The average Bonchev–Trinajstić information content (AvgIpc) is 2.73. The third-order valence-electron chi connectivity index (χ3n) is 3.46. The first-order valence-electron chi connectivity index (χ1n) is 6.54. The molecule has 3 heterocycles. The maximum absolute atomic E-state index is 12.3. The number of aromatic amines is 1. The van der Waals surface area contributed by atoms with Crippen LogP contribution in [0.4, 0.5) is 5.69 Å². The molecule has 1 aliphatic heterocycles. The third kappa shape index (κ3) is 2.06. The highest BCUT2D eigenvalue weighted by Gasteiger charge is 2.32. The Morgan fingerprint density at radius 2 is 2.10 bits per heavy atom. The van der Waals surface area contributed by atoms with Crippen LogP contribution in [-0.2, 0) is 10.0 Å². The van der Waals surface area contributed by atoms with Crippen LogP contribution in [0.25, 0.3) is 11.0 Å². The highest BCUT2D eigenvalue weighted by atomic mass is 32.2. The highest BCUT2D eigenvalue weighted by molar-refractivity contribution is 7.89. The predicted octanol–water partition coefficient (Wildman–Crippen LogP) is 1.46. The van der Waals surface area contributed by atoms with Gasteiger partial charge >= 0.3 is 0 Å². The van der Waals surface area contributed by atoms with E-state index in [0.29, 0.717) is 24.4 Å². The molecule has 108 valence electrons. The molecule has 7 heteroatoms. The monoisotopic (exact) mass is 294 g/mol. The second kappa shape index (κ2) is 4.20. The normalized spacial score (nSPS) is 18.9. The van der Waals surface area contributed by atoms with Crippen LogP contribution < -0.4 is 9.62 Å². The lowest BCUT2D eigenvalue weighted by Gasteiger charge is -2.37. The Balaban J connectivity index is 2.33. The summed E-state index contributed by atoms with van der Waals surface area (Å²) >= 11 is 0. The minimum absolute atomic E-state index is 0.0971. The molecule has 3 rings (SSSR count). The van der Waals surface area contributed by atoms with E-state index in [-0.39, 0.29) is 10.6 Å². The van der Waals surface area contributed by atoms with Crippen LogP contribution in [0, 0.1) is 0 Å². The van der Waals surface area contributed by atoms with Gasteiger partial charge in [0.2, 0.25) is 0 Å². The Bertz CT molecular complexity index is 758. The van der Waals surface area contributed by atoms with Crippen molar-refractivity contribution in [2.45, 2.75) is 31.3 Å². The molecule has 0 unspecified atom stereocenters. The number of rotatable bonds is 0. The Morgan fingerprint density at radius 3 is 2.80 bits per heavy atom. The van der Waals surface area contributed by atoms with Crippen molar-refractivity contribution in [2.24, 2.45) is 0 Å². The van der Waals surface area contributed by atoms with Gasteiger partial charge < -0.3 is 9.88 Å². The lowest BCUT2D eigenvalue weighted by atomic mass is 10.0. The van der Waals surface area contributed by atoms with Gasteiger partial charge in [0.05, 0.1) is 5.69 Å². The van der Waals surface area contributed by atoms with E-state index in [1.165, 1.54) is 0 Å². The lowest BCUT2D eigenvalue weighted by Crippen LogP contribution is -2.43. The molecule has 0 bridgehead atoms. The molecule has 0 amide bonds. The van der Waals surface area contributed by atoms with Gasteiger partial charge in [0, 0.05) is 30.2 Å². The number of nitrogens with zero attached hydrogens (tertiary/aromatic N) is 2. The highest BCUT2D eigenvalue weighted by Crippen LogP contribution is 2.33. The van der Waals surface area contributed by atoms with Gasteiger partial charge in [-0.2, -0.15) is 0 Å². The van der Waals surface area contributed by atoms with Crippen LogP contribution >= 0.6 is 0 Å². The summed E-state index contributed by atoms with van der Waals surface area (Å²) in [7, 11) is -3.56. The van der Waals surface area contributed by atoms with Gasteiger partial charge in [0.25, 0.3) is 10.0 Å². The van der Waals surface area contributed by atoms with Crippen LogP contribution in [0.15, 0.2) is 23.4 Å². The van der Waals surface area contributed by atoms with Gasteiger partial charge in [-0.05, 0) is 32.9 Å². The number of aromatic nitrogens is 2. The average molecular weight is 294 g/mol. The molecule has 0 aromatic carbocycles. The van der Waals surface area contributed by atoms with E-state index in [9.17, 15) is 8.42 Å². The first kappa shape index (κ1) is 13.4. The van der Waals surface area contributed by atoms with E-state index >= 15 is 0 Å². The van der Waals surface area contributed by atoms with E-state index in [0.717, 1.165) is 5.39 Å². The van der Waals surface area contributed by atoms with E-state index in [2.05, 4.69) is 40.4 Å². The number of sulfonamides is 1. The van der Waals surface area contributed by atoms with Crippen molar-refractivity contribution in [1.82, 2.24) is 14.7 Å². The van der Waals surface area contributed by atoms with Gasteiger partial charge in [0.1, 0.15) is 5.65 Å². The smallest absolute Gasteiger partial charge is 0.260 e. The predicted molar refractivity (Wildman–Crippen MR) is 78.4 cm³/mol. The fraction of sp³-hybridized carbons (Fsp3) is 0.462. The molecule has 1 aliphatic rings. The van der Waals surface area contributed by atoms with E-state index in [1.807, 2.05) is 12.1 Å². The Morgan fingerprint density at radius 1 is 1.35 bits per heavy atom. The maximum atomic E-state index is 12.3. The fourth-order valence-corrected chi connectivity index (χ4v) is 3.67. The summed E-state index contributed by atoms with van der Waals surface area (Å²) in [5.41, 5.74) is 1.07. The van der Waals surface area contributed by atoms with Crippen molar-refractivity contribution in [2.75, 3.05) is 18.0 Å². The van der Waals surface area contributed by atoms with E-state index in [1.54, 1.807) is 6.20 Å². The number of nitrogens with one attached hydrogen (secondary N) is 2. The first-order valence-corrected chi connectivity index (χ1v) is 8.03. The standard InChI is InChI=1S/C13H18N4O2S/c1-13(2,3)17-7-6-15-20(18,19)12-10(17)8-9-4-5-14-11(9)16-12/h4-5,8,15H,6-7H2,1-3H3,(H,14,16). The van der Waals surface area contributed by atoms with Crippen LogP contribution in [0.2, 0.25) is 0 Å². The molecule has 0 fully saturated rings. The molecule has 2 N–H and O–H groups in total. The zero-order chi connectivity index (χ0) is 14.5. The van der Waals surface area contributed by atoms with Gasteiger partial charge in [-0.3, -0.25) is 0 Å². The Hall–Kier alpha value is -1.60. The number of H-pyrrole nitrogens is 1. The van der Waals surface area contributed by atoms with Crippen LogP contribution in [0.3, 0.4) is 0 Å². The van der Waals surface area contributed by atoms with Crippen molar-refractivity contribution < 1.29 is 8.42 Å². The zero-order valence-corrected chi connectivity index (χ0v) is 12.6. The molecule has 2 aromatic heterocycles. The summed E-state index contributed by atoms with van der Waals surface area (Å²) in [6, 6.07) is 3.79. The molecule has 0 aliphatic carbocycles. The molecule has 0 radical (unpaired) electrons. The molecule has 0 saturated heterocycles. The second-order valence-electron chi connectivity index (χ2n) is 5.95. The minimum atomic E-state index is -3.56. The molecule has 6 nitrogen and oxygen atoms in total. The molecule has 0 saturated carbocycles. The zero-order valence-electron chi connectivity index (χ0n) is 11.8. The number of pyridine rings is 1. The molecular formula is C13H18N4O2S. The van der Waals surface area contributed by atoms with Gasteiger partial charge in [-0.25, -0.2) is 18.1 Å². The summed E-state index contributed by atoms with van der Waals surface area (Å²) in [6.45, 7) is 7.19. The van der Waals surface area contributed by atoms with Gasteiger partial charge in [0.15, 0.2) is 5.03 Å². The van der Waals surface area contributed by atoms with Crippen LogP contribution in [0.1, 0.15) is 20.8 Å². The summed E-state index contributed by atoms with van der Waals surface area (Å²) < 4.78 is 27.2. The summed E-state index contributed by atoms with van der Waals surface area (Å²) in [5, 5.41) is 1.01. The Kier molecular flexibility index (Phi) is 2.81. The molecule has 20 heavy (non-hydrogen) atoms. The fourth-order valence-electron chi connectivity index (χ4n) is 2.52. The van der Waals surface area contributed by atoms with E-state index < -0.39 is 10.0 Å². The molecule has 2 aromatic rings. The molecule has 0 atom stereocenters. The third-order valence-corrected chi connectivity index (χ3v) is 4.86. The van der Waals surface area contributed by atoms with Crippen molar-refractivity contribution in [1.29, 1.82) is 0 Å². The van der Waals surface area contributed by atoms with Gasteiger partial charge in [-0.15, -0.1) is 0 Å². The van der Waals surface area contributed by atoms with Crippen LogP contribution in [-0.4, -0.2) is 37.0 Å². The van der Waals surface area contributed by atoms with Crippen molar-refractivity contribution in [3.8, 4) is 0 Å². The molecular weight excluding hydrogens is 276 g/mol. The second-order valence-corrected chi connectivity index (χ2v) is 7.63.